The first kappa shape index (κ1) is 16.0. The van der Waals surface area contributed by atoms with Crippen molar-refractivity contribution >= 4 is 24.1 Å². The molecular weight excluding hydrogens is 304 g/mol. The van der Waals surface area contributed by atoms with Crippen LogP contribution >= 0.6 is 11.8 Å². The van der Waals surface area contributed by atoms with Gasteiger partial charge in [-0.25, -0.2) is 0 Å². The SMILES string of the molecule is O=CNC1=C(OCc2ccccc2)N(CC(=O)O)CC=CS1. The lowest BCUT2D eigenvalue weighted by Gasteiger charge is -2.25. The van der Waals surface area contributed by atoms with Crippen LogP contribution in [0.3, 0.4) is 0 Å². The molecule has 0 bridgehead atoms. The van der Waals surface area contributed by atoms with Crippen LogP contribution < -0.4 is 5.32 Å². The summed E-state index contributed by atoms with van der Waals surface area (Å²) in [4.78, 5) is 23.3. The van der Waals surface area contributed by atoms with Gasteiger partial charge in [-0.15, -0.1) is 0 Å². The van der Waals surface area contributed by atoms with E-state index >= 15 is 0 Å². The first-order chi connectivity index (χ1) is 10.7. The van der Waals surface area contributed by atoms with Gasteiger partial charge in [-0.1, -0.05) is 48.2 Å². The molecule has 6 nitrogen and oxygen atoms in total. The van der Waals surface area contributed by atoms with Gasteiger partial charge in [0.15, 0.2) is 0 Å². The Morgan fingerprint density at radius 1 is 1.41 bits per heavy atom. The molecule has 0 unspecified atom stereocenters. The molecule has 1 amide bonds. The van der Waals surface area contributed by atoms with Gasteiger partial charge in [0.25, 0.3) is 0 Å². The highest BCUT2D eigenvalue weighted by molar-refractivity contribution is 8.05. The maximum absolute atomic E-state index is 11.0. The largest absolute Gasteiger partial charge is 0.480 e. The van der Waals surface area contributed by atoms with Crippen LogP contribution in [0.1, 0.15) is 5.56 Å². The number of carbonyl (C=O) groups is 2. The summed E-state index contributed by atoms with van der Waals surface area (Å²) in [5.74, 6) is -0.611. The van der Waals surface area contributed by atoms with Gasteiger partial charge in [0.2, 0.25) is 12.3 Å². The smallest absolute Gasteiger partial charge is 0.323 e. The molecule has 7 heteroatoms. The van der Waals surface area contributed by atoms with Crippen molar-refractivity contribution in [3.8, 4) is 0 Å². The second-order valence-electron chi connectivity index (χ2n) is 4.43. The van der Waals surface area contributed by atoms with E-state index in [0.29, 0.717) is 23.9 Å². The molecule has 0 spiro atoms. The van der Waals surface area contributed by atoms with Crippen molar-refractivity contribution in [2.45, 2.75) is 6.61 Å². The maximum atomic E-state index is 11.0. The third-order valence-electron chi connectivity index (χ3n) is 2.82. The second-order valence-corrected chi connectivity index (χ2v) is 5.35. The monoisotopic (exact) mass is 320 g/mol. The molecule has 0 aliphatic carbocycles. The van der Waals surface area contributed by atoms with Crippen molar-refractivity contribution in [2.75, 3.05) is 13.1 Å². The Hall–Kier alpha value is -2.41. The van der Waals surface area contributed by atoms with Gasteiger partial charge in [0.1, 0.15) is 18.2 Å². The number of rotatable bonds is 7. The average molecular weight is 320 g/mol. The third kappa shape index (κ3) is 4.56. The number of amides is 1. The Bertz CT molecular complexity index is 586. The molecule has 0 saturated carbocycles. The fourth-order valence-corrected chi connectivity index (χ4v) is 2.62. The van der Waals surface area contributed by atoms with Crippen LogP contribution in [0.4, 0.5) is 0 Å². The van der Waals surface area contributed by atoms with E-state index in [1.54, 1.807) is 10.3 Å². The standard InChI is InChI=1S/C15H16N2O4S/c18-11-16-14-15(21-10-12-5-2-1-3-6-12)17(9-13(19)20)7-4-8-22-14/h1-6,8,11H,7,9-10H2,(H,16,18)(H,19,20). The number of nitrogens with zero attached hydrogens (tertiary/aromatic N) is 1. The topological polar surface area (TPSA) is 78.9 Å². The maximum Gasteiger partial charge on any atom is 0.323 e. The number of carbonyl (C=O) groups excluding carboxylic acids is 1. The lowest BCUT2D eigenvalue weighted by molar-refractivity contribution is -0.138. The minimum Gasteiger partial charge on any atom is -0.480 e. The van der Waals surface area contributed by atoms with Crippen LogP contribution in [0.25, 0.3) is 0 Å². The minimum atomic E-state index is -0.966. The molecule has 1 heterocycles. The van der Waals surface area contributed by atoms with Gasteiger partial charge < -0.3 is 20.1 Å². The number of hydrogen-bond acceptors (Lipinski definition) is 5. The number of nitrogens with one attached hydrogen (secondary N) is 1. The predicted molar refractivity (Wildman–Crippen MR) is 83.4 cm³/mol. The van der Waals surface area contributed by atoms with E-state index in [1.165, 1.54) is 11.8 Å². The van der Waals surface area contributed by atoms with Gasteiger partial charge in [0.05, 0.1) is 0 Å². The van der Waals surface area contributed by atoms with E-state index in [9.17, 15) is 9.59 Å². The summed E-state index contributed by atoms with van der Waals surface area (Å²) in [7, 11) is 0. The zero-order valence-electron chi connectivity index (χ0n) is 11.8. The molecule has 0 saturated heterocycles. The second kappa shape index (κ2) is 8.14. The zero-order chi connectivity index (χ0) is 15.8. The average Bonchev–Trinajstić information content (AvgIpc) is 2.69. The molecular formula is C15H16N2O4S. The Morgan fingerprint density at radius 3 is 2.86 bits per heavy atom. The first-order valence-electron chi connectivity index (χ1n) is 6.60. The molecule has 116 valence electrons. The Labute approximate surface area is 132 Å². The predicted octanol–water partition coefficient (Wildman–Crippen LogP) is 1.72. The summed E-state index contributed by atoms with van der Waals surface area (Å²) in [5, 5.41) is 13.9. The summed E-state index contributed by atoms with van der Waals surface area (Å²) >= 11 is 1.28. The van der Waals surface area contributed by atoms with E-state index in [0.717, 1.165) is 5.56 Å². The summed E-state index contributed by atoms with van der Waals surface area (Å²) in [5.41, 5.74) is 0.956. The fraction of sp³-hybridized carbons (Fsp3) is 0.200. The lowest BCUT2D eigenvalue weighted by Crippen LogP contribution is -2.32. The molecule has 2 N–H and O–H groups in total. The highest BCUT2D eigenvalue weighted by Gasteiger charge is 2.21. The van der Waals surface area contributed by atoms with Crippen molar-refractivity contribution in [1.82, 2.24) is 10.2 Å². The molecule has 22 heavy (non-hydrogen) atoms. The molecule has 0 fully saturated rings. The number of carboxylic acids is 1. The van der Waals surface area contributed by atoms with Crippen LogP contribution in [0.2, 0.25) is 0 Å². The van der Waals surface area contributed by atoms with Gasteiger partial charge in [-0.3, -0.25) is 9.59 Å². The van der Waals surface area contributed by atoms with Crippen molar-refractivity contribution in [3.05, 3.63) is 58.3 Å². The molecule has 1 aromatic carbocycles. The van der Waals surface area contributed by atoms with E-state index in [-0.39, 0.29) is 13.2 Å². The van der Waals surface area contributed by atoms with Gasteiger partial charge >= 0.3 is 5.97 Å². The summed E-state index contributed by atoms with van der Waals surface area (Å²) in [6.45, 7) is 0.476. The molecule has 1 aliphatic rings. The van der Waals surface area contributed by atoms with Crippen molar-refractivity contribution in [2.24, 2.45) is 0 Å². The lowest BCUT2D eigenvalue weighted by atomic mass is 10.2. The number of thioether (sulfide) groups is 1. The normalized spacial score (nSPS) is 14.5. The van der Waals surface area contributed by atoms with Gasteiger partial charge in [-0.2, -0.15) is 0 Å². The molecule has 1 aromatic rings. The molecule has 0 aromatic heterocycles. The van der Waals surface area contributed by atoms with Crippen molar-refractivity contribution in [3.63, 3.8) is 0 Å². The molecule has 0 atom stereocenters. The van der Waals surface area contributed by atoms with E-state index in [2.05, 4.69) is 5.32 Å². The van der Waals surface area contributed by atoms with Crippen LogP contribution in [0.15, 0.2) is 52.7 Å². The first-order valence-corrected chi connectivity index (χ1v) is 7.48. The van der Waals surface area contributed by atoms with Gasteiger partial charge in [-0.05, 0) is 11.0 Å². The molecule has 1 aliphatic heterocycles. The fourth-order valence-electron chi connectivity index (χ4n) is 1.90. The van der Waals surface area contributed by atoms with Crippen LogP contribution in [-0.4, -0.2) is 35.5 Å². The molecule has 2 rings (SSSR count). The van der Waals surface area contributed by atoms with Crippen molar-refractivity contribution < 1.29 is 19.4 Å². The van der Waals surface area contributed by atoms with Crippen LogP contribution in [-0.2, 0) is 20.9 Å². The minimum absolute atomic E-state index is 0.209. The summed E-state index contributed by atoms with van der Waals surface area (Å²) in [6, 6.07) is 9.53. The zero-order valence-corrected chi connectivity index (χ0v) is 12.6. The Balaban J connectivity index is 2.20. The van der Waals surface area contributed by atoms with E-state index in [1.807, 2.05) is 36.4 Å². The quantitative estimate of drug-likeness (QED) is 0.745. The highest BCUT2D eigenvalue weighted by Crippen LogP contribution is 2.25. The number of benzene rings is 1. The number of ether oxygens (including phenoxy) is 1. The van der Waals surface area contributed by atoms with E-state index in [4.69, 9.17) is 9.84 Å². The summed E-state index contributed by atoms with van der Waals surface area (Å²) < 4.78 is 5.79. The number of hydrogen-bond donors (Lipinski definition) is 2. The Morgan fingerprint density at radius 2 is 2.18 bits per heavy atom. The third-order valence-corrected chi connectivity index (χ3v) is 3.68. The Kier molecular flexibility index (Phi) is 5.91. The van der Waals surface area contributed by atoms with Gasteiger partial charge in [0, 0.05) is 6.54 Å². The highest BCUT2D eigenvalue weighted by atomic mass is 32.2. The van der Waals surface area contributed by atoms with E-state index < -0.39 is 5.97 Å². The van der Waals surface area contributed by atoms with Crippen LogP contribution in [0, 0.1) is 0 Å². The number of aliphatic carboxylic acids is 1. The summed E-state index contributed by atoms with van der Waals surface area (Å²) in [6.07, 6.45) is 2.37. The number of carboxylic acid groups (broad SMARTS) is 1. The van der Waals surface area contributed by atoms with Crippen LogP contribution in [0.5, 0.6) is 0 Å². The molecule has 0 radical (unpaired) electrons. The van der Waals surface area contributed by atoms with Crippen molar-refractivity contribution in [1.29, 1.82) is 0 Å².